The molecule has 12 nitrogen and oxygen atoms in total. The van der Waals surface area contributed by atoms with Gasteiger partial charge in [-0.1, -0.05) is 237 Å². The molecule has 1 aliphatic rings. The van der Waals surface area contributed by atoms with Crippen molar-refractivity contribution in [1.82, 2.24) is 23.3 Å². The number of aromatic nitrogens is 5. The van der Waals surface area contributed by atoms with Crippen molar-refractivity contribution in [3.8, 4) is 51.5 Å². The van der Waals surface area contributed by atoms with Crippen molar-refractivity contribution in [1.29, 1.82) is 0 Å². The molecule has 0 saturated heterocycles. The van der Waals surface area contributed by atoms with Crippen molar-refractivity contribution in [2.45, 2.75) is 79.0 Å². The highest BCUT2D eigenvalue weighted by atomic mass is 79.9. The number of para-hydroxylation sites is 10. The van der Waals surface area contributed by atoms with E-state index in [2.05, 4.69) is 374 Å². The molecular weight excluding hydrogens is 1870 g/mol. The molecule has 1 fully saturated rings. The van der Waals surface area contributed by atoms with Gasteiger partial charge in [-0.15, -0.1) is 0 Å². The number of aromatic amines is 1. The van der Waals surface area contributed by atoms with Crippen molar-refractivity contribution in [3.05, 3.63) is 397 Å². The lowest BCUT2D eigenvalue weighted by Crippen LogP contribution is -2.43. The Bertz CT molecular complexity index is 7270. The molecule has 22 rings (SSSR count). The molecular formula is C110H97B5Br4N7O5. The summed E-state index contributed by atoms with van der Waals surface area (Å²) in [5, 5.41) is 33.2. The minimum atomic E-state index is 0.261. The fraction of sp³-hybridized carbons (Fsp3) is 0.127. The van der Waals surface area contributed by atoms with Crippen molar-refractivity contribution < 1.29 is 24.4 Å². The van der Waals surface area contributed by atoms with Crippen LogP contribution in [0.15, 0.2) is 364 Å². The molecule has 7 N–H and O–H groups in total. The number of nitrogens with two attached hydrogens (primary N) is 2. The van der Waals surface area contributed by atoms with Gasteiger partial charge in [0.05, 0.1) is 99.0 Å². The van der Waals surface area contributed by atoms with Crippen molar-refractivity contribution in [2.75, 3.05) is 14.2 Å². The van der Waals surface area contributed by atoms with Gasteiger partial charge in [-0.05, 0) is 266 Å². The predicted octanol–water partition coefficient (Wildman–Crippen LogP) is 28.1. The Balaban J connectivity index is 0.000000126. The molecule has 0 spiro atoms. The fourth-order valence-corrected chi connectivity index (χ4v) is 19.6. The number of nitrogens with one attached hydrogen (secondary N) is 1. The molecule has 5 heterocycles. The van der Waals surface area contributed by atoms with E-state index >= 15 is 0 Å². The predicted molar refractivity (Wildman–Crippen MR) is 570 cm³/mol. The molecule has 0 amide bonds. The first-order valence-corrected chi connectivity index (χ1v) is 46.3. The second-order valence-corrected chi connectivity index (χ2v) is 35.3. The van der Waals surface area contributed by atoms with Crippen LogP contribution in [0.4, 0.5) is 0 Å². The quantitative estimate of drug-likeness (QED) is 0.0901. The van der Waals surface area contributed by atoms with Gasteiger partial charge in [-0.25, -0.2) is 0 Å². The van der Waals surface area contributed by atoms with Crippen LogP contribution in [0.25, 0.3) is 132 Å². The number of H-pyrrole nitrogens is 1. The Morgan fingerprint density at radius 1 is 0.336 bits per heavy atom. The van der Waals surface area contributed by atoms with E-state index in [1.54, 1.807) is 20.3 Å². The summed E-state index contributed by atoms with van der Waals surface area (Å²) in [6.45, 7) is 10.8. The Morgan fingerprint density at radius 3 is 0.992 bits per heavy atom. The van der Waals surface area contributed by atoms with Gasteiger partial charge in [0, 0.05) is 115 Å². The lowest BCUT2D eigenvalue weighted by molar-refractivity contribution is 0.303. The molecule has 21 heteroatoms. The summed E-state index contributed by atoms with van der Waals surface area (Å²) in [7, 11) is 21.4. The molecule has 645 valence electrons. The summed E-state index contributed by atoms with van der Waals surface area (Å²) < 4.78 is 29.6. The third kappa shape index (κ3) is 21.3. The van der Waals surface area contributed by atoms with Crippen molar-refractivity contribution >= 4 is 211 Å². The Morgan fingerprint density at radius 2 is 0.626 bits per heavy atom. The monoisotopic (exact) mass is 1970 g/mol. The molecule has 1 saturated carbocycles. The molecule has 0 bridgehead atoms. The maximum Gasteiger partial charge on any atom is 0.157 e. The molecule has 5 aromatic heterocycles. The molecule has 16 aromatic carbocycles. The standard InChI is InChI=1S/C26H20BrNO.C20H16BrNO.C19H14BrNO.C19H15NO.C12H9N.C8H9BrO.C6H14N2.B3.B2/c1-18-15-22(27)26(29-17-19-9-3-2-4-10-19)25(16-18)28-23-13-7-5-11-20(23)21-12-6-8-14-24(21)28;1-13-11-16(21)20(23-2)19(12-13)22-17-9-5-3-7-14(17)15-8-4-6-10-18(15)22;1-12-10-15(20)19(22)18(11-12)21-16-8-4-2-6-13(16)14-7-3-5-9-17(14)21;1-13-10-11-19(21)18(12-13)20-16-8-4-2-6-14(16)15-7-3-5-9-17(15)20;1-3-7-11-9(5-1)10-6-2-4-8-12(10)13-11;1-6-3-4-8(10-2)7(9)5-6;7-5-3-1-2-4-6(5)8;1-3-2;1-2/h2-16H,17H2,1H3;3-12H,1-2H3;2-11,22H,1H3;2-12,21H,1H3;1-8,13H;3-5H,1-2H3;5-6H,1-4,7-8H2;;/t;;;;;;5-,6-;;/m......1../s1. The highest BCUT2D eigenvalue weighted by Gasteiger charge is 2.23. The number of fused-ring (bicyclic) bond motifs is 15. The molecule has 2 atom stereocenters. The number of nitrogens with zero attached hydrogens (tertiary/aromatic N) is 4. The first kappa shape index (κ1) is 94.8. The summed E-state index contributed by atoms with van der Waals surface area (Å²) in [6, 6.07) is 119. The second-order valence-electron chi connectivity index (χ2n) is 31.9. The van der Waals surface area contributed by atoms with E-state index in [4.69, 9.17) is 25.7 Å². The summed E-state index contributed by atoms with van der Waals surface area (Å²) in [4.78, 5) is 3.38. The Hall–Kier alpha value is -12.3. The van der Waals surface area contributed by atoms with Gasteiger partial charge >= 0.3 is 0 Å². The van der Waals surface area contributed by atoms with Crippen LogP contribution in [0, 0.1) is 34.6 Å². The highest BCUT2D eigenvalue weighted by molar-refractivity contribution is 9.11. The van der Waals surface area contributed by atoms with E-state index < -0.39 is 0 Å². The number of rotatable bonds is 9. The van der Waals surface area contributed by atoms with Gasteiger partial charge in [0.2, 0.25) is 0 Å². The SMILES string of the molecule is COc1c(Br)cc(C)cc1-n1c2ccccc2c2ccccc21.COc1ccc(C)cc1Br.Cc1cc(Br)c(O)c(-n2c3ccccc3c3ccccc32)c1.Cc1cc(Br)c(OCc2ccccc2)c(-n2c3ccccc3c3ccccc32)c1.Cc1ccc(O)c(-n2c3ccccc3c3ccccc32)c1.N[C@@H]1CCCC[C@H]1N.[B][B].[B][B][B].c1ccc2c(c1)[nH]c1ccccc12. The van der Waals surface area contributed by atoms with Crippen LogP contribution in [0.3, 0.4) is 0 Å². The van der Waals surface area contributed by atoms with E-state index in [9.17, 15) is 10.2 Å². The molecule has 9 radical (unpaired) electrons. The number of halogens is 4. The average Bonchev–Trinajstić information content (AvgIpc) is 1.58. The minimum absolute atomic E-state index is 0.261. The van der Waals surface area contributed by atoms with Crippen LogP contribution in [0.5, 0.6) is 28.7 Å². The van der Waals surface area contributed by atoms with Gasteiger partial charge in [-0.2, -0.15) is 0 Å². The van der Waals surface area contributed by atoms with E-state index in [1.807, 2.05) is 118 Å². The van der Waals surface area contributed by atoms with Gasteiger partial charge in [0.15, 0.2) is 17.2 Å². The number of methoxy groups -OCH3 is 2. The van der Waals surface area contributed by atoms with Crippen LogP contribution >= 0.6 is 63.7 Å². The normalized spacial score (nSPS) is 12.6. The summed E-state index contributed by atoms with van der Waals surface area (Å²) >= 11 is 14.2. The van der Waals surface area contributed by atoms with Gasteiger partial charge in [0.25, 0.3) is 0 Å². The highest BCUT2D eigenvalue weighted by Crippen LogP contribution is 2.44. The Kier molecular flexibility index (Phi) is 32.2. The molecule has 0 aliphatic heterocycles. The molecule has 0 unspecified atom stereocenters. The van der Waals surface area contributed by atoms with E-state index in [1.165, 1.54) is 116 Å². The van der Waals surface area contributed by atoms with Crippen LogP contribution < -0.4 is 25.7 Å². The maximum atomic E-state index is 10.5. The van der Waals surface area contributed by atoms with Crippen LogP contribution in [0.1, 0.15) is 59.1 Å². The number of ether oxygens (including phenoxy) is 3. The van der Waals surface area contributed by atoms with Gasteiger partial charge < -0.3 is 59.1 Å². The number of phenolic OH excluding ortho intramolecular Hbond substituents is 2. The molecule has 1 aliphatic carbocycles. The molecule has 131 heavy (non-hydrogen) atoms. The molecule has 21 aromatic rings. The third-order valence-corrected chi connectivity index (χ3v) is 25.4. The number of hydrogen-bond donors (Lipinski definition) is 5. The lowest BCUT2D eigenvalue weighted by Gasteiger charge is -2.24. The third-order valence-electron chi connectivity index (χ3n) is 23.0. The number of hydrogen-bond acceptors (Lipinski definition) is 7. The number of aromatic hydroxyl groups is 2. The van der Waals surface area contributed by atoms with E-state index in [0.717, 1.165) is 112 Å². The van der Waals surface area contributed by atoms with Crippen LogP contribution in [-0.2, 0) is 6.61 Å². The van der Waals surface area contributed by atoms with Crippen molar-refractivity contribution in [2.24, 2.45) is 11.5 Å². The fourth-order valence-electron chi connectivity index (χ4n) is 17.0. The topological polar surface area (TPSA) is 156 Å². The van der Waals surface area contributed by atoms with Gasteiger partial charge in [0.1, 0.15) is 18.1 Å². The lowest BCUT2D eigenvalue weighted by atomic mass is 9.40. The number of phenols is 2. The zero-order valence-electron chi connectivity index (χ0n) is 74.1. The van der Waals surface area contributed by atoms with Crippen LogP contribution in [0.2, 0.25) is 0 Å². The number of benzene rings is 16. The van der Waals surface area contributed by atoms with Gasteiger partial charge in [-0.3, -0.25) is 0 Å². The van der Waals surface area contributed by atoms with Crippen molar-refractivity contribution in [3.63, 3.8) is 0 Å². The zero-order valence-corrected chi connectivity index (χ0v) is 80.4. The minimum Gasteiger partial charge on any atom is -0.506 e. The summed E-state index contributed by atoms with van der Waals surface area (Å²) in [5.74, 6) is 3.14. The second kappa shape index (κ2) is 44.5. The summed E-state index contributed by atoms with van der Waals surface area (Å²) in [6.07, 6.45) is 4.80. The van der Waals surface area contributed by atoms with E-state index in [-0.39, 0.29) is 17.8 Å². The van der Waals surface area contributed by atoms with E-state index in [0.29, 0.717) is 16.8 Å². The largest absolute Gasteiger partial charge is 0.506 e. The first-order valence-electron chi connectivity index (χ1n) is 43.1. The smallest absolute Gasteiger partial charge is 0.157 e. The maximum absolute atomic E-state index is 10.5. The van der Waals surface area contributed by atoms with Crippen LogP contribution in [-0.4, -0.2) is 97.8 Å². The number of aryl methyl sites for hydroxylation is 5. The summed E-state index contributed by atoms with van der Waals surface area (Å²) in [5.41, 5.74) is 33.6. The average molecular weight is 1970 g/mol. The Labute approximate surface area is 804 Å². The zero-order chi connectivity index (χ0) is 92.4. The first-order chi connectivity index (χ1) is 63.7.